The number of nitrogens with zero attached hydrogens (tertiary/aromatic N) is 2. The Hall–Kier alpha value is -3.30. The number of Topliss-reactive ketones (excluding diaryl/α,β-unsaturated/α-hetero) is 1. The van der Waals surface area contributed by atoms with Crippen LogP contribution in [0.25, 0.3) is 10.9 Å². The molecule has 2 aromatic carbocycles. The van der Waals surface area contributed by atoms with Crippen LogP contribution in [0.3, 0.4) is 0 Å². The Kier molecular flexibility index (Phi) is 6.71. The molecule has 170 valence electrons. The molecule has 0 fully saturated rings. The molecule has 2 heterocycles. The SMILES string of the molecule is CCCC1(CCCC(=O)c2cn(CCC#N)c3cc(Cl)ccc23)OC(=O)Nc2ccccc21. The van der Waals surface area contributed by atoms with Crippen LogP contribution in [0.15, 0.2) is 48.7 Å². The van der Waals surface area contributed by atoms with Crippen LogP contribution in [-0.2, 0) is 16.9 Å². The van der Waals surface area contributed by atoms with Crippen LogP contribution in [0.4, 0.5) is 10.5 Å². The highest BCUT2D eigenvalue weighted by Gasteiger charge is 2.40. The third kappa shape index (κ3) is 4.60. The molecule has 6 nitrogen and oxygen atoms in total. The number of cyclic esters (lactones) is 1. The number of hydrogen-bond donors (Lipinski definition) is 1. The number of para-hydroxylation sites is 1. The number of aryl methyl sites for hydroxylation is 1. The molecule has 0 saturated carbocycles. The Morgan fingerprint density at radius 3 is 2.85 bits per heavy atom. The average Bonchev–Trinajstić information content (AvgIpc) is 3.15. The Labute approximate surface area is 198 Å². The quantitative estimate of drug-likeness (QED) is 0.353. The number of carbonyl (C=O) groups excluding carboxylic acids is 2. The van der Waals surface area contributed by atoms with E-state index < -0.39 is 11.7 Å². The Bertz CT molecular complexity index is 1240. The fourth-order valence-corrected chi connectivity index (χ4v) is 4.94. The van der Waals surface area contributed by atoms with Crippen LogP contribution in [0, 0.1) is 11.3 Å². The summed E-state index contributed by atoms with van der Waals surface area (Å²) in [7, 11) is 0. The van der Waals surface area contributed by atoms with E-state index in [1.54, 1.807) is 6.07 Å². The largest absolute Gasteiger partial charge is 0.438 e. The average molecular weight is 464 g/mol. The number of hydrogen-bond acceptors (Lipinski definition) is 4. The molecule has 3 aromatic rings. The first kappa shape index (κ1) is 22.9. The molecule has 0 radical (unpaired) electrons. The molecule has 0 bridgehead atoms. The predicted molar refractivity (Wildman–Crippen MR) is 128 cm³/mol. The van der Waals surface area contributed by atoms with E-state index in [1.807, 2.05) is 47.2 Å². The number of halogens is 1. The first-order chi connectivity index (χ1) is 16.0. The molecule has 1 aromatic heterocycles. The normalized spacial score (nSPS) is 17.2. The van der Waals surface area contributed by atoms with Crippen molar-refractivity contribution in [1.82, 2.24) is 4.57 Å². The van der Waals surface area contributed by atoms with E-state index in [-0.39, 0.29) is 5.78 Å². The molecule has 1 N–H and O–H groups in total. The van der Waals surface area contributed by atoms with Crippen molar-refractivity contribution in [3.63, 3.8) is 0 Å². The Morgan fingerprint density at radius 1 is 1.24 bits per heavy atom. The molecule has 1 unspecified atom stereocenters. The highest BCUT2D eigenvalue weighted by molar-refractivity contribution is 6.31. The summed E-state index contributed by atoms with van der Waals surface area (Å²) in [5, 5.41) is 13.2. The summed E-state index contributed by atoms with van der Waals surface area (Å²) in [5.74, 6) is 0.0261. The predicted octanol–water partition coefficient (Wildman–Crippen LogP) is 6.82. The van der Waals surface area contributed by atoms with Gasteiger partial charge >= 0.3 is 6.09 Å². The number of aromatic nitrogens is 1. The molecule has 1 aliphatic heterocycles. The maximum atomic E-state index is 13.2. The highest BCUT2D eigenvalue weighted by Crippen LogP contribution is 2.43. The van der Waals surface area contributed by atoms with Gasteiger partial charge in [-0.2, -0.15) is 5.26 Å². The number of amides is 1. The molecule has 33 heavy (non-hydrogen) atoms. The second-order valence-corrected chi connectivity index (χ2v) is 8.82. The van der Waals surface area contributed by atoms with Crippen molar-refractivity contribution in [2.45, 2.75) is 57.6 Å². The van der Waals surface area contributed by atoms with E-state index in [0.717, 1.165) is 28.6 Å². The summed E-state index contributed by atoms with van der Waals surface area (Å²) >= 11 is 6.17. The number of anilines is 1. The van der Waals surface area contributed by atoms with Gasteiger partial charge in [0.1, 0.15) is 5.60 Å². The van der Waals surface area contributed by atoms with E-state index in [2.05, 4.69) is 18.3 Å². The van der Waals surface area contributed by atoms with Crippen molar-refractivity contribution >= 4 is 40.1 Å². The smallest absolute Gasteiger partial charge is 0.412 e. The zero-order valence-electron chi connectivity index (χ0n) is 18.6. The first-order valence-corrected chi connectivity index (χ1v) is 11.6. The molecule has 0 aliphatic carbocycles. The van der Waals surface area contributed by atoms with Crippen molar-refractivity contribution in [2.75, 3.05) is 5.32 Å². The third-order valence-corrected chi connectivity index (χ3v) is 6.43. The number of fused-ring (bicyclic) bond motifs is 2. The summed E-state index contributed by atoms with van der Waals surface area (Å²) in [4.78, 5) is 25.5. The van der Waals surface area contributed by atoms with Gasteiger partial charge in [-0.3, -0.25) is 10.1 Å². The molecule has 1 atom stereocenters. The van der Waals surface area contributed by atoms with E-state index >= 15 is 0 Å². The van der Waals surface area contributed by atoms with Gasteiger partial charge in [-0.25, -0.2) is 4.79 Å². The summed E-state index contributed by atoms with van der Waals surface area (Å²) in [6.07, 6.45) is 4.74. The van der Waals surface area contributed by atoms with Gasteiger partial charge < -0.3 is 9.30 Å². The van der Waals surface area contributed by atoms with Gasteiger partial charge in [-0.1, -0.05) is 49.2 Å². The lowest BCUT2D eigenvalue weighted by Crippen LogP contribution is -2.39. The molecule has 0 saturated heterocycles. The minimum absolute atomic E-state index is 0.0261. The summed E-state index contributed by atoms with van der Waals surface area (Å²) in [5.41, 5.74) is 2.48. The van der Waals surface area contributed by atoms with E-state index in [0.29, 0.717) is 49.2 Å². The molecule has 7 heteroatoms. The minimum Gasteiger partial charge on any atom is -0.438 e. The fraction of sp³-hybridized carbons (Fsp3) is 0.346. The number of ether oxygens (including phenoxy) is 1. The van der Waals surface area contributed by atoms with Crippen molar-refractivity contribution < 1.29 is 14.3 Å². The monoisotopic (exact) mass is 463 g/mol. The molecular weight excluding hydrogens is 438 g/mol. The van der Waals surface area contributed by atoms with Crippen LogP contribution in [0.5, 0.6) is 0 Å². The zero-order valence-corrected chi connectivity index (χ0v) is 19.3. The number of benzene rings is 2. The molecule has 4 rings (SSSR count). The zero-order chi connectivity index (χ0) is 23.4. The second kappa shape index (κ2) is 9.68. The van der Waals surface area contributed by atoms with E-state index in [9.17, 15) is 9.59 Å². The first-order valence-electron chi connectivity index (χ1n) is 11.3. The lowest BCUT2D eigenvalue weighted by Gasteiger charge is -2.38. The molecule has 1 amide bonds. The van der Waals surface area contributed by atoms with E-state index in [4.69, 9.17) is 21.6 Å². The van der Waals surface area contributed by atoms with Gasteiger partial charge in [0.05, 0.1) is 23.7 Å². The number of ketones is 1. The van der Waals surface area contributed by atoms with Crippen molar-refractivity contribution in [3.05, 3.63) is 64.8 Å². The standard InChI is InChI=1S/C26H26ClN3O3/c1-2-12-26(21-7-3-4-8-22(21)29-25(32)33-26)13-5-9-24(31)20-17-30(15-6-14-28)23-16-18(27)10-11-19(20)23/h3-4,7-8,10-11,16-17H,2,5-6,9,12-13,15H2,1H3,(H,29,32). The second-order valence-electron chi connectivity index (χ2n) is 8.39. The number of nitriles is 1. The van der Waals surface area contributed by atoms with Gasteiger partial charge in [0.2, 0.25) is 0 Å². The van der Waals surface area contributed by atoms with Crippen LogP contribution in [0.1, 0.15) is 61.4 Å². The van der Waals surface area contributed by atoms with Crippen LogP contribution in [0.2, 0.25) is 5.02 Å². The van der Waals surface area contributed by atoms with Crippen molar-refractivity contribution in [2.24, 2.45) is 0 Å². The van der Waals surface area contributed by atoms with Gasteiger partial charge in [-0.15, -0.1) is 0 Å². The summed E-state index contributed by atoms with van der Waals surface area (Å²) in [6.45, 7) is 2.56. The van der Waals surface area contributed by atoms with Crippen molar-refractivity contribution in [3.8, 4) is 6.07 Å². The maximum absolute atomic E-state index is 13.2. The number of carbonyl (C=O) groups is 2. The van der Waals surface area contributed by atoms with Gasteiger partial charge in [0.25, 0.3) is 0 Å². The van der Waals surface area contributed by atoms with E-state index in [1.165, 1.54) is 0 Å². The summed E-state index contributed by atoms with van der Waals surface area (Å²) < 4.78 is 7.77. The lowest BCUT2D eigenvalue weighted by atomic mass is 9.82. The topological polar surface area (TPSA) is 84.1 Å². The van der Waals surface area contributed by atoms with Crippen LogP contribution >= 0.6 is 11.6 Å². The highest BCUT2D eigenvalue weighted by atomic mass is 35.5. The maximum Gasteiger partial charge on any atom is 0.412 e. The Balaban J connectivity index is 1.55. The molecule has 1 aliphatic rings. The fourth-order valence-electron chi connectivity index (χ4n) is 4.77. The van der Waals surface area contributed by atoms with Crippen molar-refractivity contribution in [1.29, 1.82) is 5.26 Å². The Morgan fingerprint density at radius 2 is 2.06 bits per heavy atom. The number of rotatable bonds is 9. The number of nitrogens with one attached hydrogen (secondary N) is 1. The lowest BCUT2D eigenvalue weighted by molar-refractivity contribution is -0.00501. The third-order valence-electron chi connectivity index (χ3n) is 6.19. The molecule has 0 spiro atoms. The van der Waals surface area contributed by atoms with Crippen LogP contribution < -0.4 is 5.32 Å². The minimum atomic E-state index is -0.734. The van der Waals surface area contributed by atoms with Gasteiger partial charge in [0, 0.05) is 40.7 Å². The van der Waals surface area contributed by atoms with Gasteiger partial charge in [0.15, 0.2) is 5.78 Å². The molecular formula is C26H26ClN3O3. The van der Waals surface area contributed by atoms with Gasteiger partial charge in [-0.05, 0) is 37.5 Å². The summed E-state index contributed by atoms with van der Waals surface area (Å²) in [6, 6.07) is 15.3. The van der Waals surface area contributed by atoms with Crippen LogP contribution in [-0.4, -0.2) is 16.4 Å².